The fourth-order valence-electron chi connectivity index (χ4n) is 4.21. The lowest BCUT2D eigenvalue weighted by molar-refractivity contribution is -0.122. The summed E-state index contributed by atoms with van der Waals surface area (Å²) >= 11 is 0. The molecule has 0 spiro atoms. The van der Waals surface area contributed by atoms with E-state index >= 15 is 0 Å². The quantitative estimate of drug-likeness (QED) is 0.520. The summed E-state index contributed by atoms with van der Waals surface area (Å²) in [4.78, 5) is 27.4. The average Bonchev–Trinajstić information content (AvgIpc) is 3.33. The number of halogens is 1. The smallest absolute Gasteiger partial charge is 0.230 e. The second-order valence-electron chi connectivity index (χ2n) is 8.29. The minimum absolute atomic E-state index is 0.0138. The number of benzene rings is 3. The van der Waals surface area contributed by atoms with Crippen molar-refractivity contribution < 1.29 is 14.0 Å². The number of nitrogens with one attached hydrogen (secondary N) is 1. The molecule has 1 fully saturated rings. The molecular weight excluding hydrogens is 403 g/mol. The molecule has 0 aliphatic heterocycles. The van der Waals surface area contributed by atoms with Gasteiger partial charge in [0, 0.05) is 17.3 Å². The molecule has 0 saturated heterocycles. The Hall–Kier alpha value is -3.47. The van der Waals surface area contributed by atoms with E-state index in [1.165, 1.54) is 12.1 Å². The number of carbonyl (C=O) groups excluding carboxylic acids is 2. The molecular formula is C27H27FN2O2. The molecule has 0 atom stereocenters. The fourth-order valence-corrected chi connectivity index (χ4v) is 4.21. The Morgan fingerprint density at radius 1 is 0.875 bits per heavy atom. The third-order valence-electron chi connectivity index (χ3n) is 5.87. The number of hydrogen-bond donors (Lipinski definition) is 1. The monoisotopic (exact) mass is 430 g/mol. The molecule has 164 valence electrons. The second-order valence-corrected chi connectivity index (χ2v) is 8.29. The number of rotatable bonds is 7. The first-order valence-corrected chi connectivity index (χ1v) is 11.1. The molecule has 1 aliphatic rings. The maximum Gasteiger partial charge on any atom is 0.230 e. The first-order chi connectivity index (χ1) is 15.6. The Balaban J connectivity index is 1.49. The summed E-state index contributed by atoms with van der Waals surface area (Å²) in [5.41, 5.74) is 3.14. The molecule has 3 aromatic rings. The molecule has 0 bridgehead atoms. The highest BCUT2D eigenvalue weighted by molar-refractivity contribution is 5.95. The third kappa shape index (κ3) is 5.61. The van der Waals surface area contributed by atoms with Crippen LogP contribution in [0.4, 0.5) is 15.8 Å². The van der Waals surface area contributed by atoms with Crippen molar-refractivity contribution in [2.45, 2.75) is 38.6 Å². The van der Waals surface area contributed by atoms with E-state index in [0.717, 1.165) is 48.2 Å². The van der Waals surface area contributed by atoms with Crippen LogP contribution < -0.4 is 10.2 Å². The van der Waals surface area contributed by atoms with Crippen molar-refractivity contribution in [3.63, 3.8) is 0 Å². The van der Waals surface area contributed by atoms with Gasteiger partial charge in [-0.25, -0.2) is 4.39 Å². The van der Waals surface area contributed by atoms with Crippen molar-refractivity contribution in [3.05, 3.63) is 95.8 Å². The highest BCUT2D eigenvalue weighted by Gasteiger charge is 2.28. The van der Waals surface area contributed by atoms with Gasteiger partial charge in [-0.3, -0.25) is 9.59 Å². The van der Waals surface area contributed by atoms with Gasteiger partial charge < -0.3 is 10.2 Å². The molecule has 3 aromatic carbocycles. The topological polar surface area (TPSA) is 49.4 Å². The van der Waals surface area contributed by atoms with E-state index in [2.05, 4.69) is 5.32 Å². The van der Waals surface area contributed by atoms with Gasteiger partial charge in [0.2, 0.25) is 11.8 Å². The van der Waals surface area contributed by atoms with E-state index in [0.29, 0.717) is 6.54 Å². The van der Waals surface area contributed by atoms with Gasteiger partial charge in [-0.05, 0) is 60.4 Å². The summed E-state index contributed by atoms with van der Waals surface area (Å²) in [5, 5.41) is 2.88. The third-order valence-corrected chi connectivity index (χ3v) is 5.87. The van der Waals surface area contributed by atoms with Gasteiger partial charge in [-0.15, -0.1) is 0 Å². The minimum atomic E-state index is -0.310. The Morgan fingerprint density at radius 3 is 2.28 bits per heavy atom. The van der Waals surface area contributed by atoms with Gasteiger partial charge in [-0.2, -0.15) is 0 Å². The lowest BCUT2D eigenvalue weighted by atomic mass is 10.0. The number of para-hydroxylation sites is 1. The zero-order chi connectivity index (χ0) is 22.3. The van der Waals surface area contributed by atoms with Crippen molar-refractivity contribution in [1.82, 2.24) is 0 Å². The van der Waals surface area contributed by atoms with Crippen LogP contribution in [0.25, 0.3) is 0 Å². The molecule has 5 heteroatoms. The fraction of sp³-hybridized carbons (Fsp3) is 0.259. The molecule has 1 N–H and O–H groups in total. The van der Waals surface area contributed by atoms with Crippen molar-refractivity contribution >= 4 is 23.2 Å². The summed E-state index contributed by atoms with van der Waals surface area (Å²) in [5.74, 6) is -0.306. The maximum atomic E-state index is 13.7. The van der Waals surface area contributed by atoms with Crippen molar-refractivity contribution in [2.75, 3.05) is 10.2 Å². The summed E-state index contributed by atoms with van der Waals surface area (Å²) in [6.07, 6.45) is 4.18. The average molecular weight is 431 g/mol. The van der Waals surface area contributed by atoms with Crippen LogP contribution in [0.15, 0.2) is 78.9 Å². The van der Waals surface area contributed by atoms with E-state index in [9.17, 15) is 14.0 Å². The summed E-state index contributed by atoms with van der Waals surface area (Å²) < 4.78 is 13.7. The van der Waals surface area contributed by atoms with Crippen molar-refractivity contribution in [3.8, 4) is 0 Å². The van der Waals surface area contributed by atoms with Crippen LogP contribution in [0, 0.1) is 11.7 Å². The SMILES string of the molecule is O=C(Cc1ccc(N(Cc2cccc(F)c2)C(=O)C2CCCC2)cc1)Nc1ccccc1. The molecule has 2 amide bonds. The molecule has 4 rings (SSSR count). The molecule has 32 heavy (non-hydrogen) atoms. The largest absolute Gasteiger partial charge is 0.326 e. The van der Waals surface area contributed by atoms with Crippen LogP contribution in [-0.4, -0.2) is 11.8 Å². The van der Waals surface area contributed by atoms with Gasteiger partial charge in [-0.1, -0.05) is 55.3 Å². The minimum Gasteiger partial charge on any atom is -0.326 e. The lowest BCUT2D eigenvalue weighted by Gasteiger charge is -2.26. The zero-order valence-corrected chi connectivity index (χ0v) is 18.0. The van der Waals surface area contributed by atoms with E-state index in [1.54, 1.807) is 11.0 Å². The van der Waals surface area contributed by atoms with Gasteiger partial charge in [0.1, 0.15) is 5.82 Å². The van der Waals surface area contributed by atoms with Crippen LogP contribution in [0.2, 0.25) is 0 Å². The van der Waals surface area contributed by atoms with E-state index in [4.69, 9.17) is 0 Å². The van der Waals surface area contributed by atoms with Crippen LogP contribution in [-0.2, 0) is 22.6 Å². The van der Waals surface area contributed by atoms with Crippen LogP contribution in [0.5, 0.6) is 0 Å². The summed E-state index contributed by atoms with van der Waals surface area (Å²) in [6.45, 7) is 0.320. The number of anilines is 2. The maximum absolute atomic E-state index is 13.7. The highest BCUT2D eigenvalue weighted by Crippen LogP contribution is 2.30. The van der Waals surface area contributed by atoms with Crippen LogP contribution >= 0.6 is 0 Å². The summed E-state index contributed by atoms with van der Waals surface area (Å²) in [7, 11) is 0. The second kappa shape index (κ2) is 10.2. The molecule has 0 aromatic heterocycles. The van der Waals surface area contributed by atoms with Gasteiger partial charge in [0.25, 0.3) is 0 Å². The predicted molar refractivity (Wildman–Crippen MR) is 125 cm³/mol. The number of amides is 2. The highest BCUT2D eigenvalue weighted by atomic mass is 19.1. The van der Waals surface area contributed by atoms with Gasteiger partial charge >= 0.3 is 0 Å². The van der Waals surface area contributed by atoms with Gasteiger partial charge in [0.05, 0.1) is 13.0 Å². The summed E-state index contributed by atoms with van der Waals surface area (Å²) in [6, 6.07) is 23.2. The van der Waals surface area contributed by atoms with Crippen LogP contribution in [0.1, 0.15) is 36.8 Å². The molecule has 0 heterocycles. The Morgan fingerprint density at radius 2 is 1.59 bits per heavy atom. The van der Waals surface area contributed by atoms with E-state index in [-0.39, 0.29) is 30.0 Å². The normalized spacial score (nSPS) is 13.7. The van der Waals surface area contributed by atoms with Crippen LogP contribution in [0.3, 0.4) is 0 Å². The lowest BCUT2D eigenvalue weighted by Crippen LogP contribution is -2.35. The number of hydrogen-bond acceptors (Lipinski definition) is 2. The molecule has 0 radical (unpaired) electrons. The molecule has 0 unspecified atom stereocenters. The Bertz CT molecular complexity index is 1060. The first-order valence-electron chi connectivity index (χ1n) is 11.1. The van der Waals surface area contributed by atoms with Crippen molar-refractivity contribution in [1.29, 1.82) is 0 Å². The molecule has 1 saturated carbocycles. The number of carbonyl (C=O) groups is 2. The Labute approximate surface area is 188 Å². The Kier molecular flexibility index (Phi) is 6.95. The number of nitrogens with zero attached hydrogens (tertiary/aromatic N) is 1. The van der Waals surface area contributed by atoms with Gasteiger partial charge in [0.15, 0.2) is 0 Å². The zero-order valence-electron chi connectivity index (χ0n) is 18.0. The predicted octanol–water partition coefficient (Wildman–Crippen LogP) is 5.73. The van der Waals surface area contributed by atoms with E-state index in [1.807, 2.05) is 60.7 Å². The standard InChI is InChI=1S/C27H27FN2O2/c28-23-10-6-7-21(17-23)19-30(27(32)22-8-4-5-9-22)25-15-13-20(14-16-25)18-26(31)29-24-11-2-1-3-12-24/h1-3,6-7,10-17,22H,4-5,8-9,18-19H2,(H,29,31). The van der Waals surface area contributed by atoms with Crippen molar-refractivity contribution in [2.24, 2.45) is 5.92 Å². The molecule has 4 nitrogen and oxygen atoms in total. The first kappa shape index (κ1) is 21.8. The van der Waals surface area contributed by atoms with E-state index < -0.39 is 0 Å². The molecule has 1 aliphatic carbocycles.